The van der Waals surface area contributed by atoms with Gasteiger partial charge in [-0.1, -0.05) is 6.92 Å². The van der Waals surface area contributed by atoms with E-state index in [2.05, 4.69) is 29.3 Å². The van der Waals surface area contributed by atoms with Gasteiger partial charge >= 0.3 is 0 Å². The fourth-order valence-corrected chi connectivity index (χ4v) is 2.05. The number of fused-ring (bicyclic) bond motifs is 1. The van der Waals surface area contributed by atoms with E-state index in [0.717, 1.165) is 23.4 Å². The molecule has 0 saturated heterocycles. The van der Waals surface area contributed by atoms with Gasteiger partial charge in [0, 0.05) is 24.5 Å². The first-order valence-electron chi connectivity index (χ1n) is 6.83. The maximum absolute atomic E-state index is 12.1. The largest absolute Gasteiger partial charge is 0.494 e. The van der Waals surface area contributed by atoms with E-state index in [1.807, 2.05) is 18.2 Å². The Balaban J connectivity index is 2.38. The summed E-state index contributed by atoms with van der Waals surface area (Å²) in [6.07, 6.45) is 4.25. The number of rotatable bonds is 6. The van der Waals surface area contributed by atoms with Crippen molar-refractivity contribution >= 4 is 23.9 Å². The quantitative estimate of drug-likeness (QED) is 0.624. The van der Waals surface area contributed by atoms with E-state index in [0.29, 0.717) is 17.9 Å². The van der Waals surface area contributed by atoms with E-state index < -0.39 is 0 Å². The zero-order valence-electron chi connectivity index (χ0n) is 12.3. The summed E-state index contributed by atoms with van der Waals surface area (Å²) < 4.78 is 5.62. The number of amides is 1. The Morgan fingerprint density at radius 1 is 1.52 bits per heavy atom. The second-order valence-corrected chi connectivity index (χ2v) is 4.59. The van der Waals surface area contributed by atoms with Gasteiger partial charge in [-0.25, -0.2) is 0 Å². The van der Waals surface area contributed by atoms with Crippen LogP contribution in [0.4, 0.5) is 5.69 Å². The van der Waals surface area contributed by atoms with Crippen molar-refractivity contribution < 1.29 is 9.53 Å². The summed E-state index contributed by atoms with van der Waals surface area (Å²) in [5.41, 5.74) is 2.91. The van der Waals surface area contributed by atoms with Gasteiger partial charge in [-0.05, 0) is 37.4 Å². The lowest BCUT2D eigenvalue weighted by Crippen LogP contribution is -2.07. The van der Waals surface area contributed by atoms with E-state index >= 15 is 0 Å². The fraction of sp³-hybridized carbons (Fsp3) is 0.250. The van der Waals surface area contributed by atoms with Gasteiger partial charge in [-0.3, -0.25) is 9.79 Å². The maximum atomic E-state index is 12.1. The molecule has 1 amide bonds. The molecule has 0 fully saturated rings. The predicted molar refractivity (Wildman–Crippen MR) is 85.5 cm³/mol. The van der Waals surface area contributed by atoms with Crippen LogP contribution in [0.25, 0.3) is 5.57 Å². The number of hydrogen-bond acceptors (Lipinski definition) is 4. The lowest BCUT2D eigenvalue weighted by atomic mass is 10.1. The number of hydrogen-bond donors (Lipinski definition) is 2. The lowest BCUT2D eigenvalue weighted by molar-refractivity contribution is -0.110. The van der Waals surface area contributed by atoms with Gasteiger partial charge in [0.25, 0.3) is 5.91 Å². The molecule has 0 aromatic heterocycles. The van der Waals surface area contributed by atoms with Gasteiger partial charge in [0.05, 0.1) is 17.9 Å². The fourth-order valence-electron chi connectivity index (χ4n) is 2.05. The molecule has 0 atom stereocenters. The highest BCUT2D eigenvalue weighted by Crippen LogP contribution is 2.35. The zero-order chi connectivity index (χ0) is 15.2. The number of allylic oxidation sites excluding steroid dienone is 1. The Morgan fingerprint density at radius 3 is 3.00 bits per heavy atom. The summed E-state index contributed by atoms with van der Waals surface area (Å²) in [7, 11) is 1.77. The Bertz CT molecular complexity index is 618. The third-order valence-corrected chi connectivity index (χ3v) is 3.07. The molecule has 2 rings (SSSR count). The van der Waals surface area contributed by atoms with Crippen LogP contribution in [0.2, 0.25) is 0 Å². The Hall–Kier alpha value is -2.56. The third kappa shape index (κ3) is 3.31. The third-order valence-electron chi connectivity index (χ3n) is 3.07. The van der Waals surface area contributed by atoms with Crippen molar-refractivity contribution in [3.05, 3.63) is 41.7 Å². The van der Waals surface area contributed by atoms with E-state index in [4.69, 9.17) is 4.74 Å². The van der Waals surface area contributed by atoms with Crippen LogP contribution < -0.4 is 15.4 Å². The molecular formula is C16H19N3O2. The average molecular weight is 285 g/mol. The van der Waals surface area contributed by atoms with Crippen molar-refractivity contribution in [2.45, 2.75) is 13.3 Å². The van der Waals surface area contributed by atoms with Gasteiger partial charge in [0.15, 0.2) is 0 Å². The molecule has 0 aliphatic carbocycles. The number of carbonyl (C=O) groups excluding carboxylic acids is 1. The number of anilines is 1. The number of ether oxygens (including phenoxy) is 1. The van der Waals surface area contributed by atoms with Crippen LogP contribution in [0.15, 0.2) is 41.2 Å². The first-order valence-corrected chi connectivity index (χ1v) is 6.83. The molecule has 1 heterocycles. The van der Waals surface area contributed by atoms with Crippen LogP contribution >= 0.6 is 0 Å². The van der Waals surface area contributed by atoms with Crippen LogP contribution in [0, 0.1) is 0 Å². The van der Waals surface area contributed by atoms with Gasteiger partial charge < -0.3 is 15.4 Å². The molecule has 0 spiro atoms. The van der Waals surface area contributed by atoms with E-state index in [-0.39, 0.29) is 5.91 Å². The number of nitrogens with zero attached hydrogens (tertiary/aromatic N) is 1. The molecule has 0 unspecified atom stereocenters. The first kappa shape index (κ1) is 14.8. The molecule has 0 radical (unpaired) electrons. The predicted octanol–water partition coefficient (Wildman–Crippen LogP) is 2.57. The molecule has 110 valence electrons. The first-order chi connectivity index (χ1) is 10.2. The normalized spacial score (nSPS) is 15.6. The van der Waals surface area contributed by atoms with Crippen molar-refractivity contribution in [2.75, 3.05) is 19.0 Å². The van der Waals surface area contributed by atoms with E-state index in [9.17, 15) is 4.79 Å². The molecule has 2 N–H and O–H groups in total. The molecule has 0 bridgehead atoms. The molecule has 21 heavy (non-hydrogen) atoms. The second kappa shape index (κ2) is 6.74. The van der Waals surface area contributed by atoms with Crippen LogP contribution in [0.3, 0.4) is 0 Å². The topological polar surface area (TPSA) is 62.7 Å². The Morgan fingerprint density at radius 2 is 2.33 bits per heavy atom. The average Bonchev–Trinajstić information content (AvgIpc) is 2.80. The molecular weight excluding hydrogens is 266 g/mol. The molecule has 5 heteroatoms. The molecule has 1 aromatic carbocycles. The van der Waals surface area contributed by atoms with Crippen molar-refractivity contribution in [3.63, 3.8) is 0 Å². The van der Waals surface area contributed by atoms with Gasteiger partial charge in [0.1, 0.15) is 5.75 Å². The molecule has 0 saturated carbocycles. The van der Waals surface area contributed by atoms with Crippen LogP contribution in [0.1, 0.15) is 18.9 Å². The monoisotopic (exact) mass is 285 g/mol. The van der Waals surface area contributed by atoms with Gasteiger partial charge in [-0.2, -0.15) is 0 Å². The van der Waals surface area contributed by atoms with Crippen molar-refractivity contribution in [1.82, 2.24) is 5.32 Å². The highest BCUT2D eigenvalue weighted by Gasteiger charge is 2.24. The molecule has 1 aromatic rings. The van der Waals surface area contributed by atoms with Crippen LogP contribution in [0.5, 0.6) is 5.75 Å². The number of aliphatic imine (C=N–C) groups is 1. The SMILES string of the molecule is C=N/C=C(/C=C1\C(=O)Nc2ccc(OCCC)cc21)NC. The van der Waals surface area contributed by atoms with Crippen molar-refractivity contribution in [1.29, 1.82) is 0 Å². The molecule has 1 aliphatic heterocycles. The minimum Gasteiger partial charge on any atom is -0.494 e. The number of benzene rings is 1. The smallest absolute Gasteiger partial charge is 0.256 e. The summed E-state index contributed by atoms with van der Waals surface area (Å²) in [6, 6.07) is 5.59. The minimum absolute atomic E-state index is 0.136. The number of carbonyl (C=O) groups is 1. The highest BCUT2D eigenvalue weighted by molar-refractivity contribution is 6.31. The Kier molecular flexibility index (Phi) is 4.77. The van der Waals surface area contributed by atoms with Crippen molar-refractivity contribution in [3.8, 4) is 5.75 Å². The minimum atomic E-state index is -0.136. The van der Waals surface area contributed by atoms with Crippen LogP contribution in [-0.2, 0) is 4.79 Å². The molecule has 5 nitrogen and oxygen atoms in total. The van der Waals surface area contributed by atoms with Crippen LogP contribution in [-0.4, -0.2) is 26.3 Å². The van der Waals surface area contributed by atoms with Crippen molar-refractivity contribution in [2.24, 2.45) is 4.99 Å². The van der Waals surface area contributed by atoms with E-state index in [1.165, 1.54) is 0 Å². The standard InChI is InChI=1S/C16H19N3O2/c1-4-7-21-12-5-6-15-13(9-12)14(16(20)19-15)8-11(18-3)10-17-2/h5-6,8-10,18H,2,4,7H2,1,3H3,(H,19,20)/b11-10-,14-8-. The highest BCUT2D eigenvalue weighted by atomic mass is 16.5. The number of likely N-dealkylation sites (N-methyl/N-ethyl adjacent to an activating group) is 1. The lowest BCUT2D eigenvalue weighted by Gasteiger charge is -2.07. The van der Waals surface area contributed by atoms with E-state index in [1.54, 1.807) is 19.3 Å². The second-order valence-electron chi connectivity index (χ2n) is 4.59. The van der Waals surface area contributed by atoms with Gasteiger partial charge in [0.2, 0.25) is 0 Å². The summed E-state index contributed by atoms with van der Waals surface area (Å²) in [5, 5.41) is 5.81. The van der Waals surface area contributed by atoms with Gasteiger partial charge in [-0.15, -0.1) is 0 Å². The summed E-state index contributed by atoms with van der Waals surface area (Å²) in [5.74, 6) is 0.623. The summed E-state index contributed by atoms with van der Waals surface area (Å²) >= 11 is 0. The number of nitrogens with one attached hydrogen (secondary N) is 2. The Labute approximate surface area is 124 Å². The maximum Gasteiger partial charge on any atom is 0.256 e. The summed E-state index contributed by atoms with van der Waals surface area (Å²) in [6.45, 7) is 6.12. The molecule has 1 aliphatic rings. The summed E-state index contributed by atoms with van der Waals surface area (Å²) in [4.78, 5) is 15.8. The zero-order valence-corrected chi connectivity index (χ0v) is 12.3.